The van der Waals surface area contributed by atoms with Gasteiger partial charge in [-0.3, -0.25) is 10.1 Å². The second kappa shape index (κ2) is 3.40. The predicted octanol–water partition coefficient (Wildman–Crippen LogP) is 0.849. The van der Waals surface area contributed by atoms with Gasteiger partial charge in [0.15, 0.2) is 0 Å². The molecule has 0 aromatic carbocycles. The van der Waals surface area contributed by atoms with E-state index in [-0.39, 0.29) is 12.3 Å². The number of ether oxygens (including phenoxy) is 1. The van der Waals surface area contributed by atoms with Gasteiger partial charge in [-0.2, -0.15) is 0 Å². The molecule has 0 spiro atoms. The Morgan fingerprint density at radius 3 is 2.30 bits per heavy atom. The molecule has 6 heteroatoms. The van der Waals surface area contributed by atoms with E-state index >= 15 is 0 Å². The fraction of sp³-hybridized carbons (Fsp3) is 0.750. The summed E-state index contributed by atoms with van der Waals surface area (Å²) in [6.45, 7) is -0.584. The quantitative estimate of drug-likeness (QED) is 0.470. The minimum absolute atomic E-state index is 0.195. The van der Waals surface area contributed by atoms with Crippen LogP contribution in [0.15, 0.2) is 0 Å². The molecule has 0 rings (SSSR count). The second-order valence-electron chi connectivity index (χ2n) is 1.57. The monoisotopic (exact) mass is 156 g/mol. The van der Waals surface area contributed by atoms with Gasteiger partial charge < -0.3 is 5.73 Å². The SMILES string of the molecule is N=C(N)CCOC(F)(F)F. The van der Waals surface area contributed by atoms with Crippen molar-refractivity contribution in [2.24, 2.45) is 5.73 Å². The Bertz CT molecular complexity index is 122. The van der Waals surface area contributed by atoms with Crippen molar-refractivity contribution in [1.82, 2.24) is 0 Å². The predicted molar refractivity (Wildman–Crippen MR) is 28.5 cm³/mol. The molecule has 60 valence electrons. The highest BCUT2D eigenvalue weighted by Crippen LogP contribution is 2.15. The molecule has 0 unspecified atom stereocenters. The minimum atomic E-state index is -4.62. The molecule has 0 bridgehead atoms. The summed E-state index contributed by atoms with van der Waals surface area (Å²) in [5.41, 5.74) is 4.76. The molecule has 0 aliphatic carbocycles. The van der Waals surface area contributed by atoms with Gasteiger partial charge in [0.1, 0.15) is 0 Å². The van der Waals surface area contributed by atoms with Crippen molar-refractivity contribution >= 4 is 5.84 Å². The van der Waals surface area contributed by atoms with Gasteiger partial charge in [0, 0.05) is 6.42 Å². The van der Waals surface area contributed by atoms with Crippen LogP contribution in [0.4, 0.5) is 13.2 Å². The van der Waals surface area contributed by atoms with Crippen LogP contribution in [-0.4, -0.2) is 18.8 Å². The van der Waals surface area contributed by atoms with E-state index in [2.05, 4.69) is 4.74 Å². The Morgan fingerprint density at radius 1 is 1.50 bits per heavy atom. The van der Waals surface area contributed by atoms with Gasteiger partial charge in [-0.05, 0) is 0 Å². The smallest absolute Gasteiger partial charge is 0.388 e. The van der Waals surface area contributed by atoms with Crippen LogP contribution in [0.25, 0.3) is 0 Å². The van der Waals surface area contributed by atoms with Gasteiger partial charge in [-0.25, -0.2) is 0 Å². The van der Waals surface area contributed by atoms with Crippen molar-refractivity contribution in [1.29, 1.82) is 5.41 Å². The second-order valence-corrected chi connectivity index (χ2v) is 1.57. The summed E-state index contributed by atoms with van der Waals surface area (Å²) in [6, 6.07) is 0. The van der Waals surface area contributed by atoms with E-state index in [4.69, 9.17) is 11.1 Å². The zero-order chi connectivity index (χ0) is 8.20. The molecule has 0 aromatic rings. The van der Waals surface area contributed by atoms with E-state index in [0.717, 1.165) is 0 Å². The lowest BCUT2D eigenvalue weighted by atomic mass is 10.4. The lowest BCUT2D eigenvalue weighted by Gasteiger charge is -2.05. The van der Waals surface area contributed by atoms with Gasteiger partial charge in [-0.1, -0.05) is 0 Å². The van der Waals surface area contributed by atoms with Crippen LogP contribution in [0.3, 0.4) is 0 Å². The van der Waals surface area contributed by atoms with Gasteiger partial charge in [0.25, 0.3) is 0 Å². The molecule has 3 N–H and O–H groups in total. The van der Waals surface area contributed by atoms with Gasteiger partial charge in [0.2, 0.25) is 0 Å². The number of hydrogen-bond donors (Lipinski definition) is 2. The number of hydrogen-bond acceptors (Lipinski definition) is 2. The Labute approximate surface area is 55.5 Å². The molecule has 3 nitrogen and oxygen atoms in total. The number of nitrogens with two attached hydrogens (primary N) is 1. The van der Waals surface area contributed by atoms with E-state index in [1.54, 1.807) is 0 Å². The summed E-state index contributed by atoms with van der Waals surface area (Å²) in [7, 11) is 0. The molecule has 10 heavy (non-hydrogen) atoms. The van der Waals surface area contributed by atoms with Crippen LogP contribution in [-0.2, 0) is 4.74 Å². The van der Waals surface area contributed by atoms with Crippen LogP contribution in [0, 0.1) is 5.41 Å². The largest absolute Gasteiger partial charge is 0.522 e. The first-order chi connectivity index (χ1) is 4.42. The highest BCUT2D eigenvalue weighted by atomic mass is 19.4. The molecular weight excluding hydrogens is 149 g/mol. The molecule has 0 aromatic heterocycles. The topological polar surface area (TPSA) is 59.1 Å². The van der Waals surface area contributed by atoms with Crippen LogP contribution in [0.5, 0.6) is 0 Å². The van der Waals surface area contributed by atoms with Gasteiger partial charge in [-0.15, -0.1) is 13.2 Å². The first-order valence-corrected chi connectivity index (χ1v) is 2.45. The van der Waals surface area contributed by atoms with Gasteiger partial charge in [0.05, 0.1) is 12.4 Å². The highest BCUT2D eigenvalue weighted by molar-refractivity contribution is 5.76. The minimum Gasteiger partial charge on any atom is -0.388 e. The fourth-order valence-corrected chi connectivity index (χ4v) is 0.277. The van der Waals surface area contributed by atoms with Crippen molar-refractivity contribution in [3.05, 3.63) is 0 Å². The molecule has 0 amide bonds. The van der Waals surface area contributed by atoms with E-state index in [1.165, 1.54) is 0 Å². The standard InChI is InChI=1S/C4H7F3N2O/c5-4(6,7)10-2-1-3(8)9/h1-2H2,(H3,8,9). The van der Waals surface area contributed by atoms with Crippen molar-refractivity contribution in [3.63, 3.8) is 0 Å². The lowest BCUT2D eigenvalue weighted by molar-refractivity contribution is -0.323. The number of nitrogens with one attached hydrogen (secondary N) is 1. The third kappa shape index (κ3) is 7.22. The van der Waals surface area contributed by atoms with E-state index in [9.17, 15) is 13.2 Å². The zero-order valence-corrected chi connectivity index (χ0v) is 5.03. The average Bonchev–Trinajstić information content (AvgIpc) is 1.59. The Hall–Kier alpha value is -0.780. The van der Waals surface area contributed by atoms with Crippen LogP contribution in [0.1, 0.15) is 6.42 Å². The molecule has 0 atom stereocenters. The van der Waals surface area contributed by atoms with Gasteiger partial charge >= 0.3 is 6.36 Å². The van der Waals surface area contributed by atoms with Crippen LogP contribution in [0.2, 0.25) is 0 Å². The number of alkyl halides is 3. The van der Waals surface area contributed by atoms with Crippen molar-refractivity contribution in [2.75, 3.05) is 6.61 Å². The molecule has 0 fully saturated rings. The lowest BCUT2D eigenvalue weighted by Crippen LogP contribution is -2.18. The fourth-order valence-electron chi connectivity index (χ4n) is 0.277. The zero-order valence-electron chi connectivity index (χ0n) is 5.03. The Balaban J connectivity index is 3.29. The van der Waals surface area contributed by atoms with E-state index in [1.807, 2.05) is 0 Å². The summed E-state index contributed by atoms with van der Waals surface area (Å²) in [5, 5.41) is 6.53. The molecule has 0 saturated heterocycles. The summed E-state index contributed by atoms with van der Waals surface area (Å²) < 4.78 is 36.8. The van der Waals surface area contributed by atoms with Crippen LogP contribution >= 0.6 is 0 Å². The maximum Gasteiger partial charge on any atom is 0.522 e. The normalized spacial score (nSPS) is 11.5. The molecule has 0 aliphatic rings. The van der Waals surface area contributed by atoms with Crippen molar-refractivity contribution in [3.8, 4) is 0 Å². The summed E-state index contributed by atoms with van der Waals surface area (Å²) in [6.07, 6.45) is -4.81. The summed E-state index contributed by atoms with van der Waals surface area (Å²) in [4.78, 5) is 0. The molecular formula is C4H7F3N2O. The maximum absolute atomic E-state index is 11.2. The van der Waals surface area contributed by atoms with E-state index < -0.39 is 13.0 Å². The summed E-state index contributed by atoms with van der Waals surface area (Å²) in [5.74, 6) is -0.316. The summed E-state index contributed by atoms with van der Waals surface area (Å²) >= 11 is 0. The first kappa shape index (κ1) is 9.22. The molecule has 0 heterocycles. The Morgan fingerprint density at radius 2 is 2.00 bits per heavy atom. The third-order valence-electron chi connectivity index (χ3n) is 0.637. The van der Waals surface area contributed by atoms with Crippen LogP contribution < -0.4 is 5.73 Å². The molecule has 0 saturated carbocycles. The highest BCUT2D eigenvalue weighted by Gasteiger charge is 2.28. The van der Waals surface area contributed by atoms with E-state index in [0.29, 0.717) is 0 Å². The maximum atomic E-state index is 11.2. The van der Waals surface area contributed by atoms with Crippen molar-refractivity contribution < 1.29 is 17.9 Å². The van der Waals surface area contributed by atoms with Crippen molar-refractivity contribution in [2.45, 2.75) is 12.8 Å². The number of rotatable bonds is 3. The Kier molecular flexibility index (Phi) is 3.14. The molecule has 0 radical (unpaired) electrons. The number of amidine groups is 1. The number of halogens is 3. The third-order valence-corrected chi connectivity index (χ3v) is 0.637. The average molecular weight is 156 g/mol. The molecule has 0 aliphatic heterocycles. The first-order valence-electron chi connectivity index (χ1n) is 2.45.